The molecule has 0 spiro atoms. The van der Waals surface area contributed by atoms with Crippen molar-refractivity contribution in [3.8, 4) is 0 Å². The molecule has 2 nitrogen and oxygen atoms in total. The topological polar surface area (TPSA) is 6.48 Å². The van der Waals surface area contributed by atoms with Crippen LogP contribution in [0.3, 0.4) is 0 Å². The number of likely N-dealkylation sites (tertiary alicyclic amines) is 2. The summed E-state index contributed by atoms with van der Waals surface area (Å²) in [6.45, 7) is 11.6. The molecule has 2 aliphatic heterocycles. The third-order valence-electron chi connectivity index (χ3n) is 6.53. The molecule has 2 saturated heterocycles. The summed E-state index contributed by atoms with van der Waals surface area (Å²) in [5, 5.41) is 0. The SMILES string of the molecule is CC.Cc1ccc2c(c1)CCC(N1CCC(N3CCCC3)CC1)CC2. The van der Waals surface area contributed by atoms with Crippen molar-refractivity contribution in [2.24, 2.45) is 0 Å². The zero-order valence-corrected chi connectivity index (χ0v) is 16.8. The van der Waals surface area contributed by atoms with Crippen LogP contribution in [0.4, 0.5) is 0 Å². The van der Waals surface area contributed by atoms with E-state index in [1.54, 1.807) is 11.1 Å². The third kappa shape index (κ3) is 4.65. The van der Waals surface area contributed by atoms with Crippen LogP contribution >= 0.6 is 0 Å². The Morgan fingerprint density at radius 1 is 0.720 bits per heavy atom. The van der Waals surface area contributed by atoms with Gasteiger partial charge in [-0.05, 0) is 95.6 Å². The summed E-state index contributed by atoms with van der Waals surface area (Å²) in [6, 6.07) is 8.81. The van der Waals surface area contributed by atoms with Gasteiger partial charge >= 0.3 is 0 Å². The molecule has 2 heteroatoms. The van der Waals surface area contributed by atoms with Crippen molar-refractivity contribution >= 4 is 0 Å². The summed E-state index contributed by atoms with van der Waals surface area (Å²) in [6.07, 6.45) is 11.0. The molecule has 0 saturated carbocycles. The number of piperidine rings is 1. The Balaban J connectivity index is 0.000000880. The summed E-state index contributed by atoms with van der Waals surface area (Å²) >= 11 is 0. The minimum Gasteiger partial charge on any atom is -0.300 e. The highest BCUT2D eigenvalue weighted by Gasteiger charge is 2.30. The lowest BCUT2D eigenvalue weighted by molar-refractivity contribution is 0.0900. The second-order valence-corrected chi connectivity index (χ2v) is 8.01. The van der Waals surface area contributed by atoms with Gasteiger partial charge < -0.3 is 9.80 Å². The molecule has 1 unspecified atom stereocenters. The van der Waals surface area contributed by atoms with Crippen LogP contribution in [0.1, 0.15) is 69.1 Å². The van der Waals surface area contributed by atoms with Crippen LogP contribution in [-0.4, -0.2) is 48.1 Å². The molecule has 0 bridgehead atoms. The van der Waals surface area contributed by atoms with E-state index in [9.17, 15) is 0 Å². The monoisotopic (exact) mass is 342 g/mol. The minimum atomic E-state index is 0.822. The quantitative estimate of drug-likeness (QED) is 0.710. The lowest BCUT2D eigenvalue weighted by Gasteiger charge is -2.40. The summed E-state index contributed by atoms with van der Waals surface area (Å²) in [5.41, 5.74) is 4.66. The molecule has 0 aromatic heterocycles. The number of fused-ring (bicyclic) bond motifs is 1. The van der Waals surface area contributed by atoms with Crippen LogP contribution in [0.25, 0.3) is 0 Å². The zero-order valence-electron chi connectivity index (χ0n) is 16.8. The van der Waals surface area contributed by atoms with Crippen molar-refractivity contribution in [1.29, 1.82) is 0 Å². The van der Waals surface area contributed by atoms with Crippen LogP contribution in [0.5, 0.6) is 0 Å². The molecule has 1 aromatic carbocycles. The number of aryl methyl sites for hydroxylation is 3. The number of hydrogen-bond donors (Lipinski definition) is 0. The molecule has 4 rings (SSSR count). The maximum atomic E-state index is 2.82. The zero-order chi connectivity index (χ0) is 17.6. The minimum absolute atomic E-state index is 0.822. The molecule has 0 N–H and O–H groups in total. The Labute approximate surface area is 155 Å². The van der Waals surface area contributed by atoms with Gasteiger partial charge in [0.05, 0.1) is 0 Å². The first-order valence-corrected chi connectivity index (χ1v) is 10.9. The molecular weight excluding hydrogens is 304 g/mol. The van der Waals surface area contributed by atoms with Gasteiger partial charge in [-0.2, -0.15) is 0 Å². The van der Waals surface area contributed by atoms with Crippen LogP contribution < -0.4 is 0 Å². The molecule has 140 valence electrons. The Bertz CT molecular complexity index is 525. The average molecular weight is 343 g/mol. The van der Waals surface area contributed by atoms with E-state index < -0.39 is 0 Å². The first kappa shape index (κ1) is 18.9. The lowest BCUT2D eigenvalue weighted by Crippen LogP contribution is -2.47. The second-order valence-electron chi connectivity index (χ2n) is 8.01. The highest BCUT2D eigenvalue weighted by molar-refractivity contribution is 5.32. The summed E-state index contributed by atoms with van der Waals surface area (Å²) < 4.78 is 0. The van der Waals surface area contributed by atoms with E-state index in [0.29, 0.717) is 0 Å². The fourth-order valence-corrected chi connectivity index (χ4v) is 5.11. The summed E-state index contributed by atoms with van der Waals surface area (Å²) in [4.78, 5) is 5.59. The molecule has 2 fully saturated rings. The lowest BCUT2D eigenvalue weighted by atomic mass is 9.98. The number of hydrogen-bond acceptors (Lipinski definition) is 2. The van der Waals surface area contributed by atoms with Crippen molar-refractivity contribution in [3.05, 3.63) is 34.9 Å². The van der Waals surface area contributed by atoms with Gasteiger partial charge in [-0.15, -0.1) is 0 Å². The molecule has 0 amide bonds. The average Bonchev–Trinajstić information content (AvgIpc) is 3.12. The van der Waals surface area contributed by atoms with E-state index in [1.165, 1.54) is 83.1 Å². The van der Waals surface area contributed by atoms with Crippen LogP contribution in [0.15, 0.2) is 18.2 Å². The first-order valence-electron chi connectivity index (χ1n) is 10.9. The maximum absolute atomic E-state index is 2.82. The highest BCUT2D eigenvalue weighted by atomic mass is 15.2. The summed E-state index contributed by atoms with van der Waals surface area (Å²) in [5.74, 6) is 0. The predicted octanol–water partition coefficient (Wildman–Crippen LogP) is 4.83. The predicted molar refractivity (Wildman–Crippen MR) is 108 cm³/mol. The Hall–Kier alpha value is -0.860. The molecule has 2 heterocycles. The van der Waals surface area contributed by atoms with Crippen molar-refractivity contribution in [1.82, 2.24) is 9.80 Å². The molecule has 1 aliphatic carbocycles. The standard InChI is InChI=1S/C21H32N2.C2H6/c1-17-4-5-18-6-8-20(9-7-19(18)16-17)23-14-10-21(11-15-23)22-12-2-3-13-22;1-2/h4-5,16,20-21H,2-3,6-15H2,1H3;1-2H3. The molecule has 1 aromatic rings. The Kier molecular flexibility index (Phi) is 6.95. The van der Waals surface area contributed by atoms with Crippen LogP contribution in [-0.2, 0) is 12.8 Å². The van der Waals surface area contributed by atoms with Crippen molar-refractivity contribution in [3.63, 3.8) is 0 Å². The first-order chi connectivity index (χ1) is 12.3. The van der Waals surface area contributed by atoms with E-state index in [2.05, 4.69) is 34.9 Å². The van der Waals surface area contributed by atoms with Crippen molar-refractivity contribution in [2.75, 3.05) is 26.2 Å². The Morgan fingerprint density at radius 3 is 1.96 bits per heavy atom. The molecular formula is C23H38N2. The second kappa shape index (κ2) is 9.19. The maximum Gasteiger partial charge on any atom is 0.0120 e. The van der Waals surface area contributed by atoms with Gasteiger partial charge in [-0.3, -0.25) is 0 Å². The number of nitrogens with zero attached hydrogens (tertiary/aromatic N) is 2. The van der Waals surface area contributed by atoms with Gasteiger partial charge in [0.1, 0.15) is 0 Å². The van der Waals surface area contributed by atoms with Gasteiger partial charge in [0.15, 0.2) is 0 Å². The van der Waals surface area contributed by atoms with Gasteiger partial charge in [0.25, 0.3) is 0 Å². The van der Waals surface area contributed by atoms with Crippen molar-refractivity contribution < 1.29 is 0 Å². The van der Waals surface area contributed by atoms with Crippen molar-refractivity contribution in [2.45, 2.75) is 84.2 Å². The van der Waals surface area contributed by atoms with E-state index >= 15 is 0 Å². The van der Waals surface area contributed by atoms with Crippen LogP contribution in [0, 0.1) is 6.92 Å². The van der Waals surface area contributed by atoms with Gasteiger partial charge in [0.2, 0.25) is 0 Å². The van der Waals surface area contributed by atoms with Crippen LogP contribution in [0.2, 0.25) is 0 Å². The van der Waals surface area contributed by atoms with E-state index in [1.807, 2.05) is 13.8 Å². The third-order valence-corrected chi connectivity index (χ3v) is 6.53. The highest BCUT2D eigenvalue weighted by Crippen LogP contribution is 2.28. The van der Waals surface area contributed by atoms with E-state index in [4.69, 9.17) is 0 Å². The van der Waals surface area contributed by atoms with Gasteiger partial charge in [0, 0.05) is 12.1 Å². The molecule has 25 heavy (non-hydrogen) atoms. The number of benzene rings is 1. The van der Waals surface area contributed by atoms with Gasteiger partial charge in [-0.1, -0.05) is 37.6 Å². The number of rotatable bonds is 2. The smallest absolute Gasteiger partial charge is 0.0120 e. The van der Waals surface area contributed by atoms with Gasteiger partial charge in [-0.25, -0.2) is 0 Å². The molecule has 0 radical (unpaired) electrons. The largest absolute Gasteiger partial charge is 0.300 e. The Morgan fingerprint density at radius 2 is 1.28 bits per heavy atom. The summed E-state index contributed by atoms with van der Waals surface area (Å²) in [7, 11) is 0. The van der Waals surface area contributed by atoms with E-state index in [0.717, 1.165) is 12.1 Å². The molecule has 1 atom stereocenters. The fourth-order valence-electron chi connectivity index (χ4n) is 5.11. The van der Waals surface area contributed by atoms with E-state index in [-0.39, 0.29) is 0 Å². The fraction of sp³-hybridized carbons (Fsp3) is 0.739. The molecule has 3 aliphatic rings. The normalized spacial score (nSPS) is 25.8.